The molecule has 1 aromatic heterocycles. The minimum Gasteiger partial charge on any atom is -0.463 e. The molecule has 0 radical (unpaired) electrons. The maximum Gasteiger partial charge on any atom is 0.146 e. The van der Waals surface area contributed by atoms with Gasteiger partial charge in [-0.3, -0.25) is 5.43 Å². The van der Waals surface area contributed by atoms with Crippen molar-refractivity contribution in [2.24, 2.45) is 5.10 Å². The highest BCUT2D eigenvalue weighted by Crippen LogP contribution is 2.13. The van der Waals surface area contributed by atoms with Crippen molar-refractivity contribution in [3.05, 3.63) is 53.5 Å². The van der Waals surface area contributed by atoms with Crippen molar-refractivity contribution in [3.63, 3.8) is 0 Å². The van der Waals surface area contributed by atoms with Crippen LogP contribution in [0.5, 0.6) is 0 Å². The van der Waals surface area contributed by atoms with E-state index in [1.807, 2.05) is 18.2 Å². The van der Waals surface area contributed by atoms with Crippen molar-refractivity contribution >= 4 is 11.9 Å². The number of nitrogens with one attached hydrogen (secondary N) is 1. The Kier molecular flexibility index (Phi) is 3.05. The van der Waals surface area contributed by atoms with E-state index in [-0.39, 0.29) is 0 Å². The average molecular weight is 214 g/mol. The fraction of sp³-hybridized carbons (Fsp3) is 0.154. The Labute approximate surface area is 94.8 Å². The summed E-state index contributed by atoms with van der Waals surface area (Å²) in [5.41, 5.74) is 6.46. The number of aryl methyl sites for hydroxylation is 2. The minimum atomic E-state index is 0.733. The smallest absolute Gasteiger partial charge is 0.146 e. The van der Waals surface area contributed by atoms with E-state index in [1.165, 1.54) is 11.1 Å². The van der Waals surface area contributed by atoms with Crippen LogP contribution in [0.3, 0.4) is 0 Å². The van der Waals surface area contributed by atoms with E-state index in [0.29, 0.717) is 0 Å². The lowest BCUT2D eigenvalue weighted by molar-refractivity contribution is 0.560. The van der Waals surface area contributed by atoms with Crippen LogP contribution in [0.4, 0.5) is 5.69 Å². The van der Waals surface area contributed by atoms with Gasteiger partial charge in [0.15, 0.2) is 0 Å². The molecular weight excluding hydrogens is 200 g/mol. The lowest BCUT2D eigenvalue weighted by atomic mass is 10.1. The molecule has 0 atom stereocenters. The van der Waals surface area contributed by atoms with Gasteiger partial charge in [-0.2, -0.15) is 5.10 Å². The third-order valence-electron chi connectivity index (χ3n) is 2.44. The Morgan fingerprint density at radius 2 is 2.06 bits per heavy atom. The molecule has 0 saturated carbocycles. The summed E-state index contributed by atoms with van der Waals surface area (Å²) in [7, 11) is 0. The first-order valence-electron chi connectivity index (χ1n) is 5.15. The Bertz CT molecular complexity index is 487. The van der Waals surface area contributed by atoms with E-state index >= 15 is 0 Å². The third-order valence-corrected chi connectivity index (χ3v) is 2.44. The Hall–Kier alpha value is -2.03. The number of furan rings is 1. The second-order valence-electron chi connectivity index (χ2n) is 3.68. The van der Waals surface area contributed by atoms with E-state index in [4.69, 9.17) is 4.42 Å². The largest absolute Gasteiger partial charge is 0.463 e. The van der Waals surface area contributed by atoms with Crippen LogP contribution in [0.25, 0.3) is 0 Å². The maximum absolute atomic E-state index is 5.12. The number of nitrogens with zero attached hydrogens (tertiary/aromatic N) is 1. The third kappa shape index (κ3) is 2.51. The summed E-state index contributed by atoms with van der Waals surface area (Å²) >= 11 is 0. The number of benzene rings is 1. The molecule has 82 valence electrons. The summed E-state index contributed by atoms with van der Waals surface area (Å²) in [6, 6.07) is 9.82. The number of hydrogen-bond acceptors (Lipinski definition) is 3. The molecule has 16 heavy (non-hydrogen) atoms. The van der Waals surface area contributed by atoms with Crippen LogP contribution in [-0.4, -0.2) is 6.21 Å². The quantitative estimate of drug-likeness (QED) is 0.628. The SMILES string of the molecule is Cc1ccc(N/N=C/c2ccco2)cc1C. The van der Waals surface area contributed by atoms with Crippen LogP contribution >= 0.6 is 0 Å². The van der Waals surface area contributed by atoms with Gasteiger partial charge in [-0.05, 0) is 49.2 Å². The predicted molar refractivity (Wildman–Crippen MR) is 65.8 cm³/mol. The Morgan fingerprint density at radius 3 is 2.75 bits per heavy atom. The molecule has 0 fully saturated rings. The van der Waals surface area contributed by atoms with Gasteiger partial charge in [0.05, 0.1) is 18.2 Å². The molecule has 0 unspecified atom stereocenters. The van der Waals surface area contributed by atoms with Crippen molar-refractivity contribution in [1.82, 2.24) is 0 Å². The molecular formula is C13H14N2O. The van der Waals surface area contributed by atoms with Crippen LogP contribution in [0.2, 0.25) is 0 Å². The molecule has 0 saturated heterocycles. The maximum atomic E-state index is 5.12. The predicted octanol–water partition coefficient (Wildman–Crippen LogP) is 3.34. The molecule has 1 N–H and O–H groups in total. The molecule has 0 amide bonds. The summed E-state index contributed by atoms with van der Waals surface area (Å²) in [5, 5.41) is 4.09. The molecule has 0 bridgehead atoms. The highest BCUT2D eigenvalue weighted by molar-refractivity contribution is 5.76. The zero-order valence-corrected chi connectivity index (χ0v) is 9.40. The van der Waals surface area contributed by atoms with E-state index in [2.05, 4.69) is 36.5 Å². The van der Waals surface area contributed by atoms with E-state index < -0.39 is 0 Å². The van der Waals surface area contributed by atoms with Gasteiger partial charge >= 0.3 is 0 Å². The Morgan fingerprint density at radius 1 is 1.19 bits per heavy atom. The van der Waals surface area contributed by atoms with Gasteiger partial charge in [0.1, 0.15) is 5.76 Å². The topological polar surface area (TPSA) is 37.5 Å². The fourth-order valence-electron chi connectivity index (χ4n) is 1.35. The summed E-state index contributed by atoms with van der Waals surface area (Å²) in [5.74, 6) is 0.733. The van der Waals surface area contributed by atoms with Gasteiger partial charge in [-0.15, -0.1) is 0 Å². The van der Waals surface area contributed by atoms with Gasteiger partial charge in [-0.25, -0.2) is 0 Å². The van der Waals surface area contributed by atoms with Crippen molar-refractivity contribution < 1.29 is 4.42 Å². The fourth-order valence-corrected chi connectivity index (χ4v) is 1.35. The summed E-state index contributed by atoms with van der Waals surface area (Å²) in [6.07, 6.45) is 3.27. The minimum absolute atomic E-state index is 0.733. The van der Waals surface area contributed by atoms with Gasteiger partial charge in [0.2, 0.25) is 0 Å². The second kappa shape index (κ2) is 4.66. The zero-order chi connectivity index (χ0) is 11.4. The van der Waals surface area contributed by atoms with Crippen molar-refractivity contribution in [3.8, 4) is 0 Å². The molecule has 3 nitrogen and oxygen atoms in total. The highest BCUT2D eigenvalue weighted by atomic mass is 16.3. The summed E-state index contributed by atoms with van der Waals surface area (Å²) in [4.78, 5) is 0. The van der Waals surface area contributed by atoms with Crippen LogP contribution in [-0.2, 0) is 0 Å². The molecule has 1 heterocycles. The lowest BCUT2D eigenvalue weighted by Crippen LogP contribution is -1.91. The van der Waals surface area contributed by atoms with Crippen molar-refractivity contribution in [1.29, 1.82) is 0 Å². The molecule has 0 aliphatic heterocycles. The lowest BCUT2D eigenvalue weighted by Gasteiger charge is -2.03. The van der Waals surface area contributed by atoms with Gasteiger partial charge in [0.25, 0.3) is 0 Å². The molecule has 3 heteroatoms. The van der Waals surface area contributed by atoms with Crippen LogP contribution in [0.15, 0.2) is 46.1 Å². The normalized spacial score (nSPS) is 10.9. The summed E-state index contributed by atoms with van der Waals surface area (Å²) in [6.45, 7) is 4.17. The van der Waals surface area contributed by atoms with Gasteiger partial charge in [-0.1, -0.05) is 6.07 Å². The number of rotatable bonds is 3. The van der Waals surface area contributed by atoms with Crippen LogP contribution in [0.1, 0.15) is 16.9 Å². The van der Waals surface area contributed by atoms with E-state index in [1.54, 1.807) is 12.5 Å². The summed E-state index contributed by atoms with van der Waals surface area (Å²) < 4.78 is 5.12. The monoisotopic (exact) mass is 214 g/mol. The van der Waals surface area contributed by atoms with Crippen molar-refractivity contribution in [2.45, 2.75) is 13.8 Å². The first kappa shape index (κ1) is 10.5. The highest BCUT2D eigenvalue weighted by Gasteiger charge is 1.94. The van der Waals surface area contributed by atoms with E-state index in [9.17, 15) is 0 Å². The average Bonchev–Trinajstić information content (AvgIpc) is 2.76. The molecule has 1 aromatic carbocycles. The van der Waals surface area contributed by atoms with Crippen LogP contribution in [0, 0.1) is 13.8 Å². The standard InChI is InChI=1S/C13H14N2O/c1-10-5-6-12(8-11(10)2)15-14-9-13-4-3-7-16-13/h3-9,15H,1-2H3/b14-9+. The van der Waals surface area contributed by atoms with Gasteiger partial charge in [0, 0.05) is 0 Å². The molecule has 2 aromatic rings. The second-order valence-corrected chi connectivity index (χ2v) is 3.68. The Balaban J connectivity index is 2.02. The van der Waals surface area contributed by atoms with Gasteiger partial charge < -0.3 is 4.42 Å². The first-order chi connectivity index (χ1) is 7.75. The zero-order valence-electron chi connectivity index (χ0n) is 9.40. The van der Waals surface area contributed by atoms with E-state index in [0.717, 1.165) is 11.4 Å². The van der Waals surface area contributed by atoms with Crippen LogP contribution < -0.4 is 5.43 Å². The molecule has 0 aliphatic carbocycles. The number of hydrogen-bond donors (Lipinski definition) is 1. The molecule has 0 aliphatic rings. The number of hydrazone groups is 1. The molecule has 2 rings (SSSR count). The first-order valence-corrected chi connectivity index (χ1v) is 5.15. The molecule has 0 spiro atoms. The van der Waals surface area contributed by atoms with Crippen molar-refractivity contribution in [2.75, 3.05) is 5.43 Å². The number of anilines is 1.